The lowest BCUT2D eigenvalue weighted by Crippen LogP contribution is -2.70. The summed E-state index contributed by atoms with van der Waals surface area (Å²) in [4.78, 5) is 66.2. The molecule has 72 heavy (non-hydrogen) atoms. The van der Waals surface area contributed by atoms with Crippen molar-refractivity contribution in [2.24, 2.45) is 0 Å². The Hall–Kier alpha value is -5.53. The van der Waals surface area contributed by atoms with Crippen LogP contribution in [0, 0.1) is 0 Å². The zero-order valence-electron chi connectivity index (χ0n) is 42.2. The summed E-state index contributed by atoms with van der Waals surface area (Å²) in [6, 6.07) is 12.4. The zero-order chi connectivity index (χ0) is 53.0. The number of hydrogen-bond donors (Lipinski definition) is 9. The number of rotatable bonds is 15. The Bertz CT molecular complexity index is 2070. The number of carbonyl (C=O) groups excluding carboxylic acids is 5. The van der Waals surface area contributed by atoms with Crippen molar-refractivity contribution in [3.63, 3.8) is 0 Å². The summed E-state index contributed by atoms with van der Waals surface area (Å²) in [5, 5.41) is 59.2. The standard InChI is InChI=1S/C49H73N5O18/c1-47(2,3)70-42(59)50-23-29-20-21-30(51-45(62)71-48(4,5)6)40(66-29)68-38-32(53-46(63)72-49(7,8)9)22-31(52-43(60)64-25-27-16-12-10-13-17-27)39(37(38)58)69-41-36(57)34(35(56)33(24-55)67-41)54-44(61)65-26-28-18-14-11-15-19-28/h10-19,29-41,55-58H,20-26H2,1-9H3,(H,50,59)(H,51,62)(H,52,60)(H,53,63)(H,54,61)/t29?,30?,31-,32-,33?,34+,35-,36?,37?,38?,39+,40-,41-/m1/s1. The van der Waals surface area contributed by atoms with Gasteiger partial charge < -0.3 is 89.6 Å². The summed E-state index contributed by atoms with van der Waals surface area (Å²) in [7, 11) is 0. The largest absolute Gasteiger partial charge is 0.445 e. The smallest absolute Gasteiger partial charge is 0.408 e. The molecule has 0 radical (unpaired) electrons. The predicted octanol–water partition coefficient (Wildman–Crippen LogP) is 3.37. The fourth-order valence-corrected chi connectivity index (χ4v) is 8.04. The summed E-state index contributed by atoms with van der Waals surface area (Å²) in [6.45, 7) is 13.8. The SMILES string of the molecule is CC(C)(C)OC(=O)NCC1CCC(NC(=O)OC(C)(C)C)[C@@H](OC2C(O)[C@@H](O[C@H]3OC(CO)[C@@H](O)[C@H](NC(=O)OCc4ccccc4)C3O)[C@H](NC(=O)OCc3ccccc3)C[C@H]2NC(=O)OC(C)(C)C)O1. The van der Waals surface area contributed by atoms with Crippen LogP contribution in [0.25, 0.3) is 0 Å². The lowest BCUT2D eigenvalue weighted by Gasteiger charge is -2.49. The third-order valence-corrected chi connectivity index (χ3v) is 11.2. The van der Waals surface area contributed by atoms with Gasteiger partial charge in [0.1, 0.15) is 66.6 Å². The van der Waals surface area contributed by atoms with Gasteiger partial charge in [0.25, 0.3) is 0 Å². The molecule has 0 spiro atoms. The topological polar surface area (TPSA) is 309 Å². The first-order valence-electron chi connectivity index (χ1n) is 23.9. The van der Waals surface area contributed by atoms with Crippen LogP contribution in [0.2, 0.25) is 0 Å². The number of aliphatic hydroxyl groups excluding tert-OH is 4. The van der Waals surface area contributed by atoms with E-state index >= 15 is 0 Å². The molecule has 23 nitrogen and oxygen atoms in total. The maximum absolute atomic E-state index is 13.6. The van der Waals surface area contributed by atoms with Crippen molar-refractivity contribution in [2.45, 2.75) is 191 Å². The number of carbonyl (C=O) groups is 5. The number of alkyl carbamates (subject to hydrolysis) is 5. The molecule has 6 unspecified atom stereocenters. The van der Waals surface area contributed by atoms with Crippen LogP contribution >= 0.6 is 0 Å². The van der Waals surface area contributed by atoms with E-state index < -0.39 is 133 Å². The van der Waals surface area contributed by atoms with Crippen molar-refractivity contribution >= 4 is 30.5 Å². The highest BCUT2D eigenvalue weighted by atomic mass is 16.7. The highest BCUT2D eigenvalue weighted by Gasteiger charge is 2.53. The molecule has 2 aliphatic heterocycles. The molecule has 2 aromatic carbocycles. The predicted molar refractivity (Wildman–Crippen MR) is 254 cm³/mol. The van der Waals surface area contributed by atoms with Gasteiger partial charge in [-0.15, -0.1) is 0 Å². The van der Waals surface area contributed by atoms with Crippen LogP contribution in [0.1, 0.15) is 92.7 Å². The van der Waals surface area contributed by atoms with Crippen LogP contribution in [-0.4, -0.2) is 160 Å². The Morgan fingerprint density at radius 3 is 1.51 bits per heavy atom. The van der Waals surface area contributed by atoms with Gasteiger partial charge in [-0.3, -0.25) is 0 Å². The molecule has 3 aliphatic rings. The van der Waals surface area contributed by atoms with E-state index in [-0.39, 0.29) is 39.0 Å². The number of hydrogen-bond acceptors (Lipinski definition) is 18. The first kappa shape index (κ1) is 57.4. The molecule has 5 amide bonds. The second-order valence-corrected chi connectivity index (χ2v) is 20.8. The number of amides is 5. The van der Waals surface area contributed by atoms with Crippen molar-refractivity contribution in [3.05, 3.63) is 71.8 Å². The minimum atomic E-state index is -1.92. The van der Waals surface area contributed by atoms with E-state index in [2.05, 4.69) is 26.6 Å². The number of aliphatic hydroxyl groups is 4. The first-order chi connectivity index (χ1) is 33.8. The summed E-state index contributed by atoms with van der Waals surface area (Å²) < 4.78 is 52.6. The highest BCUT2D eigenvalue weighted by molar-refractivity contribution is 5.70. The fourth-order valence-electron chi connectivity index (χ4n) is 8.04. The van der Waals surface area contributed by atoms with Crippen molar-refractivity contribution < 1.29 is 87.0 Å². The first-order valence-corrected chi connectivity index (χ1v) is 23.9. The molecule has 0 bridgehead atoms. The summed E-state index contributed by atoms with van der Waals surface area (Å²) >= 11 is 0. The normalized spacial score (nSPS) is 28.8. The van der Waals surface area contributed by atoms with Crippen LogP contribution < -0.4 is 26.6 Å². The van der Waals surface area contributed by atoms with Crippen LogP contribution in [0.4, 0.5) is 24.0 Å². The van der Waals surface area contributed by atoms with Gasteiger partial charge >= 0.3 is 30.5 Å². The van der Waals surface area contributed by atoms with Crippen LogP contribution in [0.5, 0.6) is 0 Å². The van der Waals surface area contributed by atoms with E-state index in [1.807, 2.05) is 0 Å². The van der Waals surface area contributed by atoms with E-state index in [1.54, 1.807) is 123 Å². The quantitative estimate of drug-likeness (QED) is 0.116. The van der Waals surface area contributed by atoms with E-state index in [9.17, 15) is 44.4 Å². The van der Waals surface area contributed by atoms with Crippen LogP contribution in [0.15, 0.2) is 60.7 Å². The highest BCUT2D eigenvalue weighted by Crippen LogP contribution is 2.34. The molecule has 9 N–H and O–H groups in total. The Labute approximate surface area is 419 Å². The zero-order valence-corrected chi connectivity index (χ0v) is 42.2. The van der Waals surface area contributed by atoms with Gasteiger partial charge in [-0.1, -0.05) is 60.7 Å². The number of nitrogens with one attached hydrogen (secondary N) is 5. The number of benzene rings is 2. The fraction of sp³-hybridized carbons (Fsp3) is 0.653. The average Bonchev–Trinajstić information content (AvgIpc) is 3.28. The van der Waals surface area contributed by atoms with Gasteiger partial charge in [0.2, 0.25) is 0 Å². The average molecular weight is 1020 g/mol. The third-order valence-electron chi connectivity index (χ3n) is 11.2. The van der Waals surface area contributed by atoms with Gasteiger partial charge in [-0.2, -0.15) is 0 Å². The van der Waals surface area contributed by atoms with E-state index in [4.69, 9.17) is 42.6 Å². The van der Waals surface area contributed by atoms with Crippen molar-refractivity contribution in [3.8, 4) is 0 Å². The molecule has 13 atom stereocenters. The molecule has 1 saturated carbocycles. The Kier molecular flexibility index (Phi) is 20.3. The Morgan fingerprint density at radius 2 is 1.01 bits per heavy atom. The molecular weight excluding hydrogens is 947 g/mol. The van der Waals surface area contributed by atoms with Gasteiger partial charge in [-0.05, 0) is 92.7 Å². The van der Waals surface area contributed by atoms with E-state index in [0.29, 0.717) is 11.1 Å². The second-order valence-electron chi connectivity index (χ2n) is 20.8. The molecule has 3 fully saturated rings. The molecule has 1 aliphatic carbocycles. The summed E-state index contributed by atoms with van der Waals surface area (Å²) in [5.74, 6) is 0. The molecule has 23 heteroatoms. The van der Waals surface area contributed by atoms with Crippen molar-refractivity contribution in [1.29, 1.82) is 0 Å². The molecule has 402 valence electrons. The van der Waals surface area contributed by atoms with Gasteiger partial charge in [-0.25, -0.2) is 24.0 Å². The molecule has 5 rings (SSSR count). The van der Waals surface area contributed by atoms with Gasteiger partial charge in [0, 0.05) is 6.54 Å². The molecule has 2 saturated heterocycles. The molecular formula is C49H73N5O18. The minimum Gasteiger partial charge on any atom is -0.445 e. The second kappa shape index (κ2) is 25.4. The lowest BCUT2D eigenvalue weighted by molar-refractivity contribution is -0.316. The van der Waals surface area contributed by atoms with E-state index in [1.165, 1.54) is 0 Å². The van der Waals surface area contributed by atoms with Gasteiger partial charge in [0.05, 0.1) is 36.9 Å². The Balaban J connectivity index is 1.49. The monoisotopic (exact) mass is 1020 g/mol. The molecule has 2 aromatic rings. The lowest BCUT2D eigenvalue weighted by atomic mass is 9.83. The maximum atomic E-state index is 13.6. The number of ether oxygens (including phenoxy) is 9. The molecule has 2 heterocycles. The maximum Gasteiger partial charge on any atom is 0.408 e. The molecule has 0 aromatic heterocycles. The van der Waals surface area contributed by atoms with Gasteiger partial charge in [0.15, 0.2) is 12.6 Å². The minimum absolute atomic E-state index is 0.0622. The van der Waals surface area contributed by atoms with Crippen molar-refractivity contribution in [2.75, 3.05) is 13.2 Å². The Morgan fingerprint density at radius 1 is 0.556 bits per heavy atom. The summed E-state index contributed by atoms with van der Waals surface area (Å²) in [6.07, 6.45) is -18.5. The summed E-state index contributed by atoms with van der Waals surface area (Å²) in [5.41, 5.74) is -1.40. The van der Waals surface area contributed by atoms with Crippen LogP contribution in [0.3, 0.4) is 0 Å². The third kappa shape index (κ3) is 18.2. The van der Waals surface area contributed by atoms with E-state index in [0.717, 1.165) is 0 Å². The van der Waals surface area contributed by atoms with Crippen LogP contribution in [-0.2, 0) is 55.8 Å². The van der Waals surface area contributed by atoms with Crippen molar-refractivity contribution in [1.82, 2.24) is 26.6 Å².